The highest BCUT2D eigenvalue weighted by atomic mass is 16.1. The average Bonchev–Trinajstić information content (AvgIpc) is 2.68. The molecule has 124 valence electrons. The Labute approximate surface area is 151 Å². The third kappa shape index (κ3) is 2.49. The second-order valence-electron chi connectivity index (χ2n) is 6.19. The van der Waals surface area contributed by atoms with Crippen molar-refractivity contribution in [2.24, 2.45) is 0 Å². The summed E-state index contributed by atoms with van der Waals surface area (Å²) >= 11 is 0. The van der Waals surface area contributed by atoms with Crippen LogP contribution in [0.5, 0.6) is 0 Å². The maximum absolute atomic E-state index is 13.2. The van der Waals surface area contributed by atoms with Gasteiger partial charge in [-0.2, -0.15) is 5.26 Å². The zero-order chi connectivity index (χ0) is 18.1. The number of benzene rings is 3. The molecular weight excluding hydrogens is 320 g/mol. The number of nitrogens with zero attached hydrogens (tertiary/aromatic N) is 2. The number of hydrogen-bond acceptors (Lipinski definition) is 2. The third-order valence-electron chi connectivity index (χ3n) is 4.60. The maximum atomic E-state index is 13.2. The van der Waals surface area contributed by atoms with Crippen LogP contribution in [0.25, 0.3) is 27.6 Å². The van der Waals surface area contributed by atoms with Crippen molar-refractivity contribution in [3.05, 3.63) is 100 Å². The highest BCUT2D eigenvalue weighted by Crippen LogP contribution is 2.26. The predicted molar refractivity (Wildman–Crippen MR) is 104 cm³/mol. The van der Waals surface area contributed by atoms with Crippen LogP contribution >= 0.6 is 0 Å². The lowest BCUT2D eigenvalue weighted by Gasteiger charge is -2.15. The van der Waals surface area contributed by atoms with Crippen molar-refractivity contribution in [3.63, 3.8) is 0 Å². The fraction of sp³-hybridized carbons (Fsp3) is 0.0435. The number of nitriles is 1. The van der Waals surface area contributed by atoms with E-state index in [1.165, 1.54) is 0 Å². The maximum Gasteiger partial charge on any atom is 0.273 e. The summed E-state index contributed by atoms with van der Waals surface area (Å²) in [6.45, 7) is 1.90. The molecule has 3 nitrogen and oxygen atoms in total. The van der Waals surface area contributed by atoms with Gasteiger partial charge in [0.25, 0.3) is 5.56 Å². The largest absolute Gasteiger partial charge is 0.280 e. The molecule has 0 aliphatic carbocycles. The molecule has 3 aromatic carbocycles. The highest BCUT2D eigenvalue weighted by molar-refractivity contribution is 5.90. The van der Waals surface area contributed by atoms with Gasteiger partial charge in [0.05, 0.1) is 5.69 Å². The molecule has 0 saturated heterocycles. The first-order chi connectivity index (χ1) is 12.7. The molecule has 3 heteroatoms. The standard InChI is InChI=1S/C23H16N2O/c1-16-14-20(18-8-3-2-4-9-18)21(15-24)23(26)25(16)22-13-7-11-17-10-5-6-12-19(17)22/h2-14H,1H3. The number of pyridine rings is 1. The Balaban J connectivity index is 2.06. The van der Waals surface area contributed by atoms with Crippen LogP contribution in [0.4, 0.5) is 0 Å². The number of hydrogen-bond donors (Lipinski definition) is 0. The van der Waals surface area contributed by atoms with Crippen molar-refractivity contribution in [1.29, 1.82) is 5.26 Å². The van der Waals surface area contributed by atoms with Crippen molar-refractivity contribution in [2.45, 2.75) is 6.92 Å². The minimum Gasteiger partial charge on any atom is -0.280 e. The summed E-state index contributed by atoms with van der Waals surface area (Å²) in [5, 5.41) is 11.7. The molecule has 0 atom stereocenters. The molecule has 4 aromatic rings. The van der Waals surface area contributed by atoms with Gasteiger partial charge >= 0.3 is 0 Å². The van der Waals surface area contributed by atoms with E-state index in [0.717, 1.165) is 27.7 Å². The van der Waals surface area contributed by atoms with Crippen LogP contribution in [0.1, 0.15) is 11.3 Å². The van der Waals surface area contributed by atoms with Crippen LogP contribution in [0.3, 0.4) is 0 Å². The first-order valence-corrected chi connectivity index (χ1v) is 8.41. The number of aromatic nitrogens is 1. The lowest BCUT2D eigenvalue weighted by Crippen LogP contribution is -2.24. The SMILES string of the molecule is Cc1cc(-c2ccccc2)c(C#N)c(=O)n1-c1cccc2ccccc12. The molecule has 0 aliphatic rings. The Morgan fingerprint density at radius 1 is 0.885 bits per heavy atom. The van der Waals surface area contributed by atoms with E-state index in [1.807, 2.05) is 85.8 Å². The van der Waals surface area contributed by atoms with Crippen molar-refractivity contribution >= 4 is 10.8 Å². The van der Waals surface area contributed by atoms with Gasteiger partial charge < -0.3 is 0 Å². The van der Waals surface area contributed by atoms with E-state index in [4.69, 9.17) is 0 Å². The fourth-order valence-corrected chi connectivity index (χ4v) is 3.39. The summed E-state index contributed by atoms with van der Waals surface area (Å²) in [6.07, 6.45) is 0. The monoisotopic (exact) mass is 336 g/mol. The molecule has 0 saturated carbocycles. The van der Waals surface area contributed by atoms with E-state index in [2.05, 4.69) is 6.07 Å². The smallest absolute Gasteiger partial charge is 0.273 e. The molecule has 26 heavy (non-hydrogen) atoms. The Morgan fingerprint density at radius 3 is 2.35 bits per heavy atom. The molecule has 0 aliphatic heterocycles. The quantitative estimate of drug-likeness (QED) is 0.526. The van der Waals surface area contributed by atoms with E-state index < -0.39 is 0 Å². The van der Waals surface area contributed by atoms with Crippen LogP contribution in [-0.4, -0.2) is 4.57 Å². The summed E-state index contributed by atoms with van der Waals surface area (Å²) in [5.41, 5.74) is 3.00. The Hall–Kier alpha value is -3.64. The zero-order valence-electron chi connectivity index (χ0n) is 14.3. The number of fused-ring (bicyclic) bond motifs is 1. The molecule has 0 amide bonds. The first kappa shape index (κ1) is 15.9. The van der Waals surface area contributed by atoms with Gasteiger partial charge in [-0.05, 0) is 30.0 Å². The molecule has 0 spiro atoms. The summed E-state index contributed by atoms with van der Waals surface area (Å²) in [7, 11) is 0. The first-order valence-electron chi connectivity index (χ1n) is 8.41. The lowest BCUT2D eigenvalue weighted by molar-refractivity contribution is 0.937. The molecule has 0 N–H and O–H groups in total. The van der Waals surface area contributed by atoms with Gasteiger partial charge in [-0.1, -0.05) is 66.7 Å². The summed E-state index contributed by atoms with van der Waals surface area (Å²) in [4.78, 5) is 13.2. The predicted octanol–water partition coefficient (Wildman–Crippen LogP) is 4.84. The van der Waals surface area contributed by atoms with Crippen molar-refractivity contribution in [3.8, 4) is 22.9 Å². The lowest BCUT2D eigenvalue weighted by atomic mass is 10.00. The third-order valence-corrected chi connectivity index (χ3v) is 4.60. The summed E-state index contributed by atoms with van der Waals surface area (Å²) in [6, 6.07) is 27.4. The summed E-state index contributed by atoms with van der Waals surface area (Å²) in [5.74, 6) is 0. The van der Waals surface area contributed by atoms with E-state index >= 15 is 0 Å². The summed E-state index contributed by atoms with van der Waals surface area (Å²) < 4.78 is 1.63. The van der Waals surface area contributed by atoms with Crippen molar-refractivity contribution in [2.75, 3.05) is 0 Å². The van der Waals surface area contributed by atoms with Crippen LogP contribution in [0, 0.1) is 18.3 Å². The minimum atomic E-state index is -0.289. The van der Waals surface area contributed by atoms with Gasteiger partial charge in [0, 0.05) is 16.6 Å². The van der Waals surface area contributed by atoms with E-state index in [9.17, 15) is 10.1 Å². The van der Waals surface area contributed by atoms with E-state index in [0.29, 0.717) is 5.56 Å². The molecule has 0 unspecified atom stereocenters. The molecule has 0 radical (unpaired) electrons. The second-order valence-corrected chi connectivity index (χ2v) is 6.19. The molecule has 0 fully saturated rings. The van der Waals surface area contributed by atoms with Crippen molar-refractivity contribution < 1.29 is 0 Å². The van der Waals surface area contributed by atoms with Crippen molar-refractivity contribution in [1.82, 2.24) is 4.57 Å². The number of aryl methyl sites for hydroxylation is 1. The normalized spacial score (nSPS) is 10.6. The van der Waals surface area contributed by atoms with Crippen LogP contribution in [0.2, 0.25) is 0 Å². The van der Waals surface area contributed by atoms with E-state index in [-0.39, 0.29) is 11.1 Å². The van der Waals surface area contributed by atoms with Gasteiger partial charge in [-0.15, -0.1) is 0 Å². The van der Waals surface area contributed by atoms with Gasteiger partial charge in [-0.3, -0.25) is 9.36 Å². The zero-order valence-corrected chi connectivity index (χ0v) is 14.3. The topological polar surface area (TPSA) is 45.8 Å². The molecule has 4 rings (SSSR count). The Kier molecular flexibility index (Phi) is 3.87. The van der Waals surface area contributed by atoms with Crippen LogP contribution in [-0.2, 0) is 0 Å². The Morgan fingerprint density at radius 2 is 1.58 bits per heavy atom. The van der Waals surface area contributed by atoms with Gasteiger partial charge in [-0.25, -0.2) is 0 Å². The molecule has 1 aromatic heterocycles. The molecule has 1 heterocycles. The van der Waals surface area contributed by atoms with Crippen LogP contribution in [0.15, 0.2) is 83.7 Å². The molecule has 0 bridgehead atoms. The number of rotatable bonds is 2. The molecular formula is C23H16N2O. The van der Waals surface area contributed by atoms with Gasteiger partial charge in [0.15, 0.2) is 0 Å². The highest BCUT2D eigenvalue weighted by Gasteiger charge is 2.16. The Bertz CT molecular complexity index is 1210. The van der Waals surface area contributed by atoms with Gasteiger partial charge in [0.2, 0.25) is 0 Å². The average molecular weight is 336 g/mol. The van der Waals surface area contributed by atoms with E-state index in [1.54, 1.807) is 4.57 Å². The fourth-order valence-electron chi connectivity index (χ4n) is 3.39. The van der Waals surface area contributed by atoms with Gasteiger partial charge in [0.1, 0.15) is 11.6 Å². The minimum absolute atomic E-state index is 0.162. The van der Waals surface area contributed by atoms with Crippen LogP contribution < -0.4 is 5.56 Å². The second kappa shape index (κ2) is 6.34.